The summed E-state index contributed by atoms with van der Waals surface area (Å²) in [4.78, 5) is 23.3. The lowest BCUT2D eigenvalue weighted by atomic mass is 9.88. The van der Waals surface area contributed by atoms with Crippen LogP contribution in [0.3, 0.4) is 0 Å². The minimum atomic E-state index is -0.552. The molecule has 5 nitrogen and oxygen atoms in total. The molecule has 3 aliphatic rings. The van der Waals surface area contributed by atoms with Crippen molar-refractivity contribution >= 4 is 11.9 Å². The van der Waals surface area contributed by atoms with Gasteiger partial charge in [0.1, 0.15) is 6.10 Å². The molecule has 3 heterocycles. The highest BCUT2D eigenvalue weighted by atomic mass is 16.7. The molecule has 0 amide bonds. The summed E-state index contributed by atoms with van der Waals surface area (Å²) in [6.07, 6.45) is -0.577. The van der Waals surface area contributed by atoms with Crippen molar-refractivity contribution in [2.45, 2.75) is 51.6 Å². The Morgan fingerprint density at radius 3 is 2.71 bits per heavy atom. The summed E-state index contributed by atoms with van der Waals surface area (Å²) in [6, 6.07) is 0. The molecule has 0 saturated carbocycles. The van der Waals surface area contributed by atoms with Gasteiger partial charge in [-0.05, 0) is 27.2 Å². The zero-order chi connectivity index (χ0) is 12.4. The first kappa shape index (κ1) is 11.0. The summed E-state index contributed by atoms with van der Waals surface area (Å²) in [5.74, 6) is -0.635. The molecule has 3 saturated heterocycles. The zero-order valence-corrected chi connectivity index (χ0v) is 10.1. The molecular weight excluding hydrogens is 224 g/mol. The number of rotatable bonds is 1. The molecule has 0 spiro atoms. The first-order chi connectivity index (χ1) is 7.88. The van der Waals surface area contributed by atoms with Crippen molar-refractivity contribution in [1.82, 2.24) is 0 Å². The van der Waals surface area contributed by atoms with Crippen LogP contribution in [0, 0.1) is 11.3 Å². The van der Waals surface area contributed by atoms with Crippen LogP contribution in [-0.2, 0) is 23.8 Å². The number of carbonyl (C=O) groups is 2. The van der Waals surface area contributed by atoms with E-state index in [4.69, 9.17) is 14.2 Å². The topological polar surface area (TPSA) is 61.8 Å². The molecule has 2 bridgehead atoms. The van der Waals surface area contributed by atoms with Gasteiger partial charge in [-0.25, -0.2) is 0 Å². The van der Waals surface area contributed by atoms with Crippen LogP contribution in [-0.4, -0.2) is 36.4 Å². The normalized spacial score (nSPS) is 42.8. The lowest BCUT2D eigenvalue weighted by Gasteiger charge is -2.26. The highest BCUT2D eigenvalue weighted by Crippen LogP contribution is 2.47. The lowest BCUT2D eigenvalue weighted by Crippen LogP contribution is -2.42. The van der Waals surface area contributed by atoms with Gasteiger partial charge in [0.15, 0.2) is 12.2 Å². The third kappa shape index (κ3) is 1.48. The van der Waals surface area contributed by atoms with Crippen LogP contribution in [0.1, 0.15) is 27.2 Å². The number of hydrogen-bond acceptors (Lipinski definition) is 5. The second-order valence-electron chi connectivity index (χ2n) is 6.00. The molecule has 3 fully saturated rings. The molecule has 94 valence electrons. The minimum Gasteiger partial charge on any atom is -0.455 e. The van der Waals surface area contributed by atoms with Gasteiger partial charge in [-0.2, -0.15) is 0 Å². The average molecular weight is 240 g/mol. The molecule has 17 heavy (non-hydrogen) atoms. The summed E-state index contributed by atoms with van der Waals surface area (Å²) >= 11 is 0. The molecule has 0 N–H and O–H groups in total. The molecule has 5 heteroatoms. The van der Waals surface area contributed by atoms with Gasteiger partial charge in [-0.3, -0.25) is 9.59 Å². The van der Waals surface area contributed by atoms with Crippen LogP contribution in [0.2, 0.25) is 0 Å². The zero-order valence-electron chi connectivity index (χ0n) is 10.1. The summed E-state index contributed by atoms with van der Waals surface area (Å²) in [7, 11) is 0. The van der Waals surface area contributed by atoms with Crippen LogP contribution in [0.25, 0.3) is 0 Å². The third-order valence-corrected chi connectivity index (χ3v) is 3.64. The van der Waals surface area contributed by atoms with Gasteiger partial charge >= 0.3 is 11.9 Å². The van der Waals surface area contributed by atoms with E-state index >= 15 is 0 Å². The van der Waals surface area contributed by atoms with Crippen LogP contribution in [0.5, 0.6) is 0 Å². The van der Waals surface area contributed by atoms with Gasteiger partial charge in [0.2, 0.25) is 0 Å². The van der Waals surface area contributed by atoms with E-state index in [1.165, 1.54) is 0 Å². The van der Waals surface area contributed by atoms with Crippen LogP contribution in [0.4, 0.5) is 0 Å². The molecule has 3 aliphatic heterocycles. The van der Waals surface area contributed by atoms with Crippen molar-refractivity contribution in [3.63, 3.8) is 0 Å². The molecule has 0 aromatic carbocycles. The summed E-state index contributed by atoms with van der Waals surface area (Å²) in [5.41, 5.74) is -0.552. The Morgan fingerprint density at radius 2 is 2.06 bits per heavy atom. The van der Waals surface area contributed by atoms with E-state index in [0.717, 1.165) is 0 Å². The Morgan fingerprint density at radius 1 is 1.35 bits per heavy atom. The van der Waals surface area contributed by atoms with Gasteiger partial charge < -0.3 is 14.2 Å². The molecule has 3 rings (SSSR count). The predicted octanol–water partition coefficient (Wildman–Crippen LogP) is 0.657. The van der Waals surface area contributed by atoms with E-state index in [0.29, 0.717) is 6.42 Å². The number of fused-ring (bicyclic) bond motifs is 1. The quantitative estimate of drug-likeness (QED) is 0.630. The molecule has 0 aromatic rings. The maximum atomic E-state index is 11.8. The van der Waals surface area contributed by atoms with Crippen molar-refractivity contribution < 1.29 is 23.8 Å². The number of carbonyl (C=O) groups excluding carboxylic acids is 2. The van der Waals surface area contributed by atoms with Crippen LogP contribution in [0.15, 0.2) is 0 Å². The fourth-order valence-electron chi connectivity index (χ4n) is 2.68. The van der Waals surface area contributed by atoms with E-state index < -0.39 is 17.6 Å². The number of ether oxygens (including phenoxy) is 3. The Labute approximate surface area is 99.4 Å². The Hall–Kier alpha value is -1.10. The Balaban J connectivity index is 1.75. The average Bonchev–Trinajstić information content (AvgIpc) is 2.80. The van der Waals surface area contributed by atoms with E-state index in [-0.39, 0.29) is 30.1 Å². The van der Waals surface area contributed by atoms with Gasteiger partial charge in [-0.1, -0.05) is 0 Å². The second kappa shape index (κ2) is 3.22. The second-order valence-corrected chi connectivity index (χ2v) is 6.00. The van der Waals surface area contributed by atoms with Gasteiger partial charge in [0, 0.05) is 0 Å². The SMILES string of the molecule is CC(C)(C)C(=O)OC1C2CC3C(=O)OC1[C@H]3O2. The largest absolute Gasteiger partial charge is 0.455 e. The lowest BCUT2D eigenvalue weighted by molar-refractivity contribution is -0.168. The maximum absolute atomic E-state index is 11.8. The Bertz CT molecular complexity index is 383. The van der Waals surface area contributed by atoms with E-state index in [9.17, 15) is 9.59 Å². The van der Waals surface area contributed by atoms with Crippen LogP contribution < -0.4 is 0 Å². The maximum Gasteiger partial charge on any atom is 0.312 e. The first-order valence-corrected chi connectivity index (χ1v) is 5.95. The summed E-state index contributed by atoms with van der Waals surface area (Å²) < 4.78 is 16.3. The smallest absolute Gasteiger partial charge is 0.312 e. The van der Waals surface area contributed by atoms with Crippen molar-refractivity contribution in [2.75, 3.05) is 0 Å². The van der Waals surface area contributed by atoms with Crippen molar-refractivity contribution in [1.29, 1.82) is 0 Å². The molecule has 0 aromatic heterocycles. The van der Waals surface area contributed by atoms with Gasteiger partial charge in [0.25, 0.3) is 0 Å². The van der Waals surface area contributed by atoms with Gasteiger partial charge in [0.05, 0.1) is 17.4 Å². The molecule has 0 radical (unpaired) electrons. The van der Waals surface area contributed by atoms with Crippen molar-refractivity contribution in [3.05, 3.63) is 0 Å². The van der Waals surface area contributed by atoms with Crippen molar-refractivity contribution in [3.8, 4) is 0 Å². The molecular formula is C12H16O5. The standard InChI is InChI=1S/C12H16O5/c1-12(2,3)11(14)17-8-6-4-5-7(15-6)9(8)16-10(5)13/h5-9H,4H2,1-3H3/t5?,6?,7-,8?,9?/m0/s1. The monoisotopic (exact) mass is 240 g/mol. The fourth-order valence-corrected chi connectivity index (χ4v) is 2.68. The fraction of sp³-hybridized carbons (Fsp3) is 0.833. The number of hydrogen-bond donors (Lipinski definition) is 0. The van der Waals surface area contributed by atoms with Crippen LogP contribution >= 0.6 is 0 Å². The summed E-state index contributed by atoms with van der Waals surface area (Å²) in [6.45, 7) is 5.40. The van der Waals surface area contributed by atoms with E-state index in [1.54, 1.807) is 20.8 Å². The van der Waals surface area contributed by atoms with Crippen molar-refractivity contribution in [2.24, 2.45) is 11.3 Å². The first-order valence-electron chi connectivity index (χ1n) is 5.95. The molecule has 5 atom stereocenters. The third-order valence-electron chi connectivity index (χ3n) is 3.64. The minimum absolute atomic E-state index is 0.144. The Kier molecular flexibility index (Phi) is 2.09. The predicted molar refractivity (Wildman–Crippen MR) is 56.0 cm³/mol. The van der Waals surface area contributed by atoms with E-state index in [1.807, 2.05) is 0 Å². The molecule has 0 aliphatic carbocycles. The van der Waals surface area contributed by atoms with E-state index in [2.05, 4.69) is 0 Å². The summed E-state index contributed by atoms with van der Waals surface area (Å²) in [5, 5.41) is 0. The molecule has 4 unspecified atom stereocenters. The highest BCUT2D eigenvalue weighted by molar-refractivity contribution is 5.78. The highest BCUT2D eigenvalue weighted by Gasteiger charge is 2.65. The number of esters is 2. The van der Waals surface area contributed by atoms with Gasteiger partial charge in [-0.15, -0.1) is 0 Å².